The zero-order valence-corrected chi connectivity index (χ0v) is 9.51. The van der Waals surface area contributed by atoms with Crippen molar-refractivity contribution in [3.05, 3.63) is 0 Å². The lowest BCUT2D eigenvalue weighted by atomic mass is 9.60. The van der Waals surface area contributed by atoms with E-state index in [1.807, 2.05) is 0 Å². The van der Waals surface area contributed by atoms with Crippen LogP contribution in [0.15, 0.2) is 0 Å². The molecule has 1 heteroatoms. The maximum Gasteiger partial charge on any atom is 0.0436 e. The highest BCUT2D eigenvalue weighted by Crippen LogP contribution is 2.47. The first-order valence-corrected chi connectivity index (χ1v) is 5.60. The quantitative estimate of drug-likeness (QED) is 0.699. The third-order valence-electron chi connectivity index (χ3n) is 4.36. The minimum atomic E-state index is 0.349. The molecule has 13 heavy (non-hydrogen) atoms. The first-order valence-electron chi connectivity index (χ1n) is 5.60. The number of hydrogen-bond donors (Lipinski definition) is 1. The summed E-state index contributed by atoms with van der Waals surface area (Å²) in [4.78, 5) is 0. The largest absolute Gasteiger partial charge is 0.396 e. The fraction of sp³-hybridized carbons (Fsp3) is 1.00. The molecule has 4 atom stereocenters. The summed E-state index contributed by atoms with van der Waals surface area (Å²) in [5.41, 5.74) is 0.390. The average Bonchev–Trinajstić information content (AvgIpc) is 2.02. The van der Waals surface area contributed by atoms with Crippen LogP contribution < -0.4 is 0 Å². The normalized spacial score (nSPS) is 46.4. The molecule has 1 saturated carbocycles. The van der Waals surface area contributed by atoms with E-state index in [1.165, 1.54) is 12.8 Å². The lowest BCUT2D eigenvalue weighted by Crippen LogP contribution is -2.36. The first-order chi connectivity index (χ1) is 5.99. The summed E-state index contributed by atoms with van der Waals surface area (Å²) in [7, 11) is 0. The van der Waals surface area contributed by atoms with Gasteiger partial charge in [0, 0.05) is 6.61 Å². The topological polar surface area (TPSA) is 20.2 Å². The van der Waals surface area contributed by atoms with Crippen LogP contribution in [0.3, 0.4) is 0 Å². The molecule has 0 radical (unpaired) electrons. The van der Waals surface area contributed by atoms with E-state index >= 15 is 0 Å². The Morgan fingerprint density at radius 2 is 1.85 bits per heavy atom. The molecule has 0 aromatic carbocycles. The molecule has 0 aromatic rings. The van der Waals surface area contributed by atoms with Gasteiger partial charge in [-0.2, -0.15) is 0 Å². The van der Waals surface area contributed by atoms with Crippen molar-refractivity contribution in [2.24, 2.45) is 23.2 Å². The Labute approximate surface area is 82.5 Å². The van der Waals surface area contributed by atoms with Gasteiger partial charge in [0.05, 0.1) is 0 Å². The van der Waals surface area contributed by atoms with Gasteiger partial charge in [0.15, 0.2) is 0 Å². The molecule has 1 nitrogen and oxygen atoms in total. The molecule has 1 aliphatic carbocycles. The second-order valence-corrected chi connectivity index (χ2v) is 5.42. The van der Waals surface area contributed by atoms with Gasteiger partial charge in [0.25, 0.3) is 0 Å². The molecular formula is C12H24O. The Hall–Kier alpha value is -0.0400. The van der Waals surface area contributed by atoms with Crippen LogP contribution in [-0.2, 0) is 0 Å². The van der Waals surface area contributed by atoms with Crippen molar-refractivity contribution in [3.63, 3.8) is 0 Å². The van der Waals surface area contributed by atoms with Crippen LogP contribution in [0.25, 0.3) is 0 Å². The maximum atomic E-state index is 9.05. The average molecular weight is 184 g/mol. The molecule has 0 bridgehead atoms. The van der Waals surface area contributed by atoms with Crippen molar-refractivity contribution >= 4 is 0 Å². The van der Waals surface area contributed by atoms with E-state index in [1.54, 1.807) is 0 Å². The van der Waals surface area contributed by atoms with Crippen molar-refractivity contribution < 1.29 is 5.11 Å². The van der Waals surface area contributed by atoms with Crippen LogP contribution in [0, 0.1) is 23.2 Å². The maximum absolute atomic E-state index is 9.05. The summed E-state index contributed by atoms with van der Waals surface area (Å²) in [6.07, 6.45) is 3.60. The Morgan fingerprint density at radius 1 is 1.23 bits per heavy atom. The smallest absolute Gasteiger partial charge is 0.0436 e. The zero-order valence-electron chi connectivity index (χ0n) is 9.51. The second-order valence-electron chi connectivity index (χ2n) is 5.42. The Kier molecular flexibility index (Phi) is 3.39. The minimum Gasteiger partial charge on any atom is -0.396 e. The van der Waals surface area contributed by atoms with Gasteiger partial charge in [-0.1, -0.05) is 27.7 Å². The summed E-state index contributed by atoms with van der Waals surface area (Å²) >= 11 is 0. The fourth-order valence-corrected chi connectivity index (χ4v) is 2.82. The summed E-state index contributed by atoms with van der Waals surface area (Å²) in [6, 6.07) is 0. The molecule has 78 valence electrons. The van der Waals surface area contributed by atoms with Gasteiger partial charge in [0.1, 0.15) is 0 Å². The van der Waals surface area contributed by atoms with Gasteiger partial charge in [-0.25, -0.2) is 0 Å². The molecule has 1 rings (SSSR count). The molecule has 0 saturated heterocycles. The van der Waals surface area contributed by atoms with E-state index in [9.17, 15) is 0 Å². The highest BCUT2D eigenvalue weighted by Gasteiger charge is 2.38. The minimum absolute atomic E-state index is 0.349. The van der Waals surface area contributed by atoms with E-state index < -0.39 is 0 Å². The molecule has 0 heterocycles. The summed E-state index contributed by atoms with van der Waals surface area (Å²) in [5, 5.41) is 9.05. The highest BCUT2D eigenvalue weighted by molar-refractivity contribution is 4.88. The Bertz CT molecular complexity index is 167. The van der Waals surface area contributed by atoms with Crippen LogP contribution in [-0.4, -0.2) is 11.7 Å². The van der Waals surface area contributed by atoms with Crippen molar-refractivity contribution in [2.45, 2.75) is 47.0 Å². The fourth-order valence-electron chi connectivity index (χ4n) is 2.82. The van der Waals surface area contributed by atoms with Crippen molar-refractivity contribution in [3.8, 4) is 0 Å². The van der Waals surface area contributed by atoms with Crippen LogP contribution in [0.5, 0.6) is 0 Å². The van der Waals surface area contributed by atoms with Crippen molar-refractivity contribution in [1.29, 1.82) is 0 Å². The number of rotatable bonds is 2. The van der Waals surface area contributed by atoms with E-state index in [2.05, 4.69) is 27.7 Å². The van der Waals surface area contributed by atoms with Crippen molar-refractivity contribution in [1.82, 2.24) is 0 Å². The van der Waals surface area contributed by atoms with Gasteiger partial charge < -0.3 is 5.11 Å². The summed E-state index contributed by atoms with van der Waals surface area (Å²) in [6.45, 7) is 9.75. The van der Waals surface area contributed by atoms with Crippen molar-refractivity contribution in [2.75, 3.05) is 6.61 Å². The molecule has 0 amide bonds. The molecule has 1 fully saturated rings. The SMILES string of the molecule is CC1CC(C)C(C)(CCO)CC1C. The molecular weight excluding hydrogens is 160 g/mol. The summed E-state index contributed by atoms with van der Waals surface area (Å²) in [5.74, 6) is 2.46. The number of hydrogen-bond acceptors (Lipinski definition) is 1. The standard InChI is InChI=1S/C12H24O/c1-9-7-11(3)12(4,5-6-13)8-10(9)2/h9-11,13H,5-8H2,1-4H3. The van der Waals surface area contributed by atoms with Gasteiger partial charge in [-0.15, -0.1) is 0 Å². The Balaban J connectivity index is 2.64. The number of aliphatic hydroxyl groups is 1. The number of aliphatic hydroxyl groups excluding tert-OH is 1. The lowest BCUT2D eigenvalue weighted by Gasteiger charge is -2.45. The molecule has 0 aliphatic heterocycles. The molecule has 4 unspecified atom stereocenters. The predicted octanol–water partition coefficient (Wildman–Crippen LogP) is 3.08. The van der Waals surface area contributed by atoms with Crippen LogP contribution in [0.1, 0.15) is 47.0 Å². The van der Waals surface area contributed by atoms with Crippen LogP contribution >= 0.6 is 0 Å². The second kappa shape index (κ2) is 4.00. The van der Waals surface area contributed by atoms with E-state index in [-0.39, 0.29) is 0 Å². The van der Waals surface area contributed by atoms with Gasteiger partial charge in [0.2, 0.25) is 0 Å². The van der Waals surface area contributed by atoms with Crippen LogP contribution in [0.4, 0.5) is 0 Å². The first kappa shape index (κ1) is 11.0. The van der Waals surface area contributed by atoms with Gasteiger partial charge >= 0.3 is 0 Å². The van der Waals surface area contributed by atoms with Gasteiger partial charge in [-0.05, 0) is 42.4 Å². The Morgan fingerprint density at radius 3 is 2.38 bits per heavy atom. The molecule has 0 aromatic heterocycles. The molecule has 1 aliphatic rings. The third-order valence-corrected chi connectivity index (χ3v) is 4.36. The van der Waals surface area contributed by atoms with Crippen LogP contribution in [0.2, 0.25) is 0 Å². The predicted molar refractivity (Wildman–Crippen MR) is 56.5 cm³/mol. The van der Waals surface area contributed by atoms with Gasteiger partial charge in [-0.3, -0.25) is 0 Å². The molecule has 1 N–H and O–H groups in total. The zero-order chi connectivity index (χ0) is 10.1. The third kappa shape index (κ3) is 2.25. The summed E-state index contributed by atoms with van der Waals surface area (Å²) < 4.78 is 0. The monoisotopic (exact) mass is 184 g/mol. The molecule has 0 spiro atoms. The van der Waals surface area contributed by atoms with E-state index in [4.69, 9.17) is 5.11 Å². The lowest BCUT2D eigenvalue weighted by molar-refractivity contribution is 0.0334. The van der Waals surface area contributed by atoms with E-state index in [0.29, 0.717) is 12.0 Å². The highest BCUT2D eigenvalue weighted by atomic mass is 16.3. The van der Waals surface area contributed by atoms with E-state index in [0.717, 1.165) is 24.2 Å².